The van der Waals surface area contributed by atoms with Crippen molar-refractivity contribution in [3.63, 3.8) is 0 Å². The zero-order valence-corrected chi connectivity index (χ0v) is 22.3. The first-order chi connectivity index (χ1) is 17.1. The fourth-order valence-electron chi connectivity index (χ4n) is 4.86. The number of rotatable bonds is 4. The van der Waals surface area contributed by atoms with Gasteiger partial charge in [-0.25, -0.2) is 4.99 Å². The van der Waals surface area contributed by atoms with Gasteiger partial charge in [-0.3, -0.25) is 9.36 Å². The maximum Gasteiger partial charge on any atom is 0.271 e. The summed E-state index contributed by atoms with van der Waals surface area (Å²) in [5.41, 5.74) is 5.48. The number of benzene rings is 2. The van der Waals surface area contributed by atoms with Crippen LogP contribution in [0.25, 0.3) is 11.8 Å². The van der Waals surface area contributed by atoms with E-state index in [9.17, 15) is 4.79 Å². The molecular weight excluding hydrogens is 544 g/mol. The number of halogens is 1. The van der Waals surface area contributed by atoms with Gasteiger partial charge in [-0.2, -0.15) is 0 Å². The van der Waals surface area contributed by atoms with Crippen LogP contribution in [-0.4, -0.2) is 18.8 Å². The number of thiazole rings is 1. The van der Waals surface area contributed by atoms with Crippen molar-refractivity contribution < 1.29 is 9.47 Å². The summed E-state index contributed by atoms with van der Waals surface area (Å²) in [4.78, 5) is 20.8. The third kappa shape index (κ3) is 3.71. The molecule has 1 aliphatic heterocycles. The van der Waals surface area contributed by atoms with E-state index < -0.39 is 0 Å². The molecule has 0 radical (unpaired) electrons. The first-order valence-corrected chi connectivity index (χ1v) is 13.7. The molecule has 2 aromatic carbocycles. The van der Waals surface area contributed by atoms with Crippen LogP contribution in [0.5, 0.6) is 11.5 Å². The zero-order chi connectivity index (χ0) is 24.1. The summed E-state index contributed by atoms with van der Waals surface area (Å²) in [6, 6.07) is 16.2. The topological polar surface area (TPSA) is 52.8 Å². The quantitative estimate of drug-likeness (QED) is 0.344. The second kappa shape index (κ2) is 8.93. The molecule has 8 heteroatoms. The molecule has 0 amide bonds. The molecule has 4 aromatic rings. The molecule has 1 unspecified atom stereocenters. The lowest BCUT2D eigenvalue weighted by molar-refractivity contribution is 0.392. The van der Waals surface area contributed by atoms with Crippen LogP contribution in [0.15, 0.2) is 73.7 Å². The van der Waals surface area contributed by atoms with Crippen LogP contribution >= 0.6 is 38.6 Å². The predicted octanol–water partition coefficient (Wildman–Crippen LogP) is 5.16. The van der Waals surface area contributed by atoms with Gasteiger partial charge in [0, 0.05) is 22.1 Å². The van der Waals surface area contributed by atoms with Crippen LogP contribution in [0.3, 0.4) is 0 Å². The summed E-state index contributed by atoms with van der Waals surface area (Å²) < 4.78 is 14.3. The summed E-state index contributed by atoms with van der Waals surface area (Å²) in [6.45, 7) is 0. The lowest BCUT2D eigenvalue weighted by atomic mass is 9.85. The molecule has 6 rings (SSSR count). The number of aromatic nitrogens is 1. The van der Waals surface area contributed by atoms with Gasteiger partial charge in [-0.1, -0.05) is 41.7 Å². The lowest BCUT2D eigenvalue weighted by Gasteiger charge is -2.30. The van der Waals surface area contributed by atoms with Crippen LogP contribution in [0.4, 0.5) is 0 Å². The Morgan fingerprint density at radius 3 is 2.69 bits per heavy atom. The van der Waals surface area contributed by atoms with Gasteiger partial charge < -0.3 is 9.47 Å². The smallest absolute Gasteiger partial charge is 0.271 e. The van der Waals surface area contributed by atoms with Crippen molar-refractivity contribution in [2.24, 2.45) is 4.99 Å². The van der Waals surface area contributed by atoms with Crippen molar-refractivity contribution in [3.05, 3.63) is 105 Å². The molecule has 0 bridgehead atoms. The highest BCUT2D eigenvalue weighted by molar-refractivity contribution is 9.10. The Kier molecular flexibility index (Phi) is 5.75. The second-order valence-electron chi connectivity index (χ2n) is 8.36. The molecule has 1 aliphatic carbocycles. The molecule has 0 fully saturated rings. The molecule has 0 saturated heterocycles. The standard InChI is InChI=1S/C27H21BrN2O3S2/c1-32-20-14-21(33-2)19(28)12-16(20)13-23-26(31)30-25(22-8-5-11-34-22)18-10-9-15-6-3-4-7-17(15)24(18)29-27(30)35-23/h3-8,11-14,25H,9-10H2,1-2H3/b23-13-. The Morgan fingerprint density at radius 2 is 1.91 bits per heavy atom. The van der Waals surface area contributed by atoms with Crippen molar-refractivity contribution in [2.75, 3.05) is 14.2 Å². The Hall–Kier alpha value is -2.94. The van der Waals surface area contributed by atoms with E-state index >= 15 is 0 Å². The van der Waals surface area contributed by atoms with Crippen LogP contribution in [0, 0.1) is 0 Å². The predicted molar refractivity (Wildman–Crippen MR) is 144 cm³/mol. The van der Waals surface area contributed by atoms with Crippen LogP contribution in [0.2, 0.25) is 0 Å². The fraction of sp³-hybridized carbons (Fsp3) is 0.185. The summed E-state index contributed by atoms with van der Waals surface area (Å²) in [5.74, 6) is 1.31. The van der Waals surface area contributed by atoms with Crippen LogP contribution < -0.4 is 24.4 Å². The number of hydrogen-bond donors (Lipinski definition) is 0. The van der Waals surface area contributed by atoms with E-state index in [4.69, 9.17) is 14.5 Å². The number of ether oxygens (including phenoxy) is 2. The van der Waals surface area contributed by atoms with Crippen LogP contribution in [-0.2, 0) is 6.42 Å². The number of methoxy groups -OCH3 is 2. The minimum Gasteiger partial charge on any atom is -0.496 e. The van der Waals surface area contributed by atoms with Gasteiger partial charge >= 0.3 is 0 Å². The van der Waals surface area contributed by atoms with E-state index in [0.717, 1.165) is 38.3 Å². The van der Waals surface area contributed by atoms with E-state index in [1.807, 2.05) is 28.8 Å². The first kappa shape index (κ1) is 22.5. The monoisotopic (exact) mass is 564 g/mol. The molecule has 3 heterocycles. The van der Waals surface area contributed by atoms with Gasteiger partial charge in [0.25, 0.3) is 5.56 Å². The van der Waals surface area contributed by atoms with Crippen molar-refractivity contribution in [1.82, 2.24) is 4.57 Å². The lowest BCUT2D eigenvalue weighted by Crippen LogP contribution is -2.38. The number of aryl methyl sites for hydroxylation is 1. The fourth-order valence-corrected chi connectivity index (χ4v) is 7.22. The van der Waals surface area contributed by atoms with Crippen molar-refractivity contribution >= 4 is 50.4 Å². The third-order valence-electron chi connectivity index (χ3n) is 6.48. The third-order valence-corrected chi connectivity index (χ3v) is 9.00. The minimum atomic E-state index is -0.138. The molecule has 0 spiro atoms. The summed E-state index contributed by atoms with van der Waals surface area (Å²) in [6.07, 6.45) is 3.73. The summed E-state index contributed by atoms with van der Waals surface area (Å²) >= 11 is 6.65. The molecule has 0 saturated carbocycles. The van der Waals surface area contributed by atoms with Gasteiger partial charge in [0.2, 0.25) is 0 Å². The van der Waals surface area contributed by atoms with Crippen LogP contribution in [0.1, 0.15) is 34.0 Å². The highest BCUT2D eigenvalue weighted by Gasteiger charge is 2.33. The largest absolute Gasteiger partial charge is 0.496 e. The molecule has 5 nitrogen and oxygen atoms in total. The van der Waals surface area contributed by atoms with E-state index in [1.165, 1.54) is 28.0 Å². The summed E-state index contributed by atoms with van der Waals surface area (Å²) in [5, 5.41) is 2.07. The van der Waals surface area contributed by atoms with Gasteiger partial charge in [0.15, 0.2) is 4.80 Å². The van der Waals surface area contributed by atoms with E-state index in [0.29, 0.717) is 16.0 Å². The minimum absolute atomic E-state index is 0.0356. The number of hydrogen-bond acceptors (Lipinski definition) is 6. The van der Waals surface area contributed by atoms with Gasteiger partial charge in [-0.15, -0.1) is 11.3 Å². The maximum absolute atomic E-state index is 13.8. The number of nitrogens with zero attached hydrogens (tertiary/aromatic N) is 2. The molecule has 176 valence electrons. The number of fused-ring (bicyclic) bond motifs is 3. The Morgan fingerprint density at radius 1 is 1.09 bits per heavy atom. The normalized spacial score (nSPS) is 16.9. The van der Waals surface area contributed by atoms with Crippen molar-refractivity contribution in [1.29, 1.82) is 0 Å². The molecule has 1 atom stereocenters. The molecule has 35 heavy (non-hydrogen) atoms. The Balaban J connectivity index is 1.60. The average Bonchev–Trinajstić information content (AvgIpc) is 3.51. The zero-order valence-electron chi connectivity index (χ0n) is 19.1. The van der Waals surface area contributed by atoms with E-state index in [1.54, 1.807) is 25.6 Å². The van der Waals surface area contributed by atoms with E-state index in [2.05, 4.69) is 51.6 Å². The van der Waals surface area contributed by atoms with Gasteiger partial charge in [0.05, 0.1) is 35.0 Å². The molecule has 2 aliphatic rings. The first-order valence-electron chi connectivity index (χ1n) is 11.2. The Labute approximate surface area is 218 Å². The highest BCUT2D eigenvalue weighted by atomic mass is 79.9. The SMILES string of the molecule is COc1cc(OC)c(/C=c2\sc3n(c2=O)C(c2cccs2)C2=C(N=3)c3ccccc3CC2)cc1Br. The van der Waals surface area contributed by atoms with E-state index in [-0.39, 0.29) is 11.6 Å². The average molecular weight is 566 g/mol. The summed E-state index contributed by atoms with van der Waals surface area (Å²) in [7, 11) is 3.23. The number of thiophene rings is 1. The highest BCUT2D eigenvalue weighted by Crippen LogP contribution is 2.42. The molecule has 0 N–H and O–H groups in total. The van der Waals surface area contributed by atoms with Crippen molar-refractivity contribution in [2.45, 2.75) is 18.9 Å². The molecular formula is C27H21BrN2O3S2. The van der Waals surface area contributed by atoms with Gasteiger partial charge in [-0.05, 0) is 63.5 Å². The van der Waals surface area contributed by atoms with Gasteiger partial charge in [0.1, 0.15) is 11.5 Å². The number of allylic oxidation sites excluding steroid dienone is 1. The second-order valence-corrected chi connectivity index (χ2v) is 11.2. The maximum atomic E-state index is 13.8. The molecule has 2 aromatic heterocycles. The Bertz CT molecular complexity index is 1670. The van der Waals surface area contributed by atoms with Crippen molar-refractivity contribution in [3.8, 4) is 11.5 Å².